The summed E-state index contributed by atoms with van der Waals surface area (Å²) in [5.74, 6) is -1.16. The summed E-state index contributed by atoms with van der Waals surface area (Å²) in [6.45, 7) is 4.24. The van der Waals surface area contributed by atoms with Crippen molar-refractivity contribution in [3.05, 3.63) is 46.0 Å². The Bertz CT molecular complexity index is 1130. The Hall–Kier alpha value is -2.63. The van der Waals surface area contributed by atoms with Crippen LogP contribution in [0.2, 0.25) is 0 Å². The van der Waals surface area contributed by atoms with Gasteiger partial charge in [0.05, 0.1) is 16.9 Å². The van der Waals surface area contributed by atoms with Crippen LogP contribution in [0.25, 0.3) is 5.69 Å². The molecule has 5 nitrogen and oxygen atoms in total. The van der Waals surface area contributed by atoms with Gasteiger partial charge < -0.3 is 15.6 Å². The predicted octanol–water partition coefficient (Wildman–Crippen LogP) is 5.49. The second-order valence-corrected chi connectivity index (χ2v) is 10.9. The number of halogens is 1. The van der Waals surface area contributed by atoms with Crippen LogP contribution in [0.3, 0.4) is 0 Å². The van der Waals surface area contributed by atoms with Gasteiger partial charge in [-0.3, -0.25) is 9.59 Å². The van der Waals surface area contributed by atoms with Crippen molar-refractivity contribution >= 4 is 17.4 Å². The molecule has 176 valence electrons. The number of carbonyl (C=O) groups excluding carboxylic acids is 2. The molecular formula is C27H34FN3O2. The van der Waals surface area contributed by atoms with E-state index in [9.17, 15) is 9.59 Å². The first-order chi connectivity index (χ1) is 15.7. The van der Waals surface area contributed by atoms with E-state index >= 15 is 4.39 Å². The third-order valence-corrected chi connectivity index (χ3v) is 7.68. The summed E-state index contributed by atoms with van der Waals surface area (Å²) < 4.78 is 17.5. The number of ketones is 1. The predicted molar refractivity (Wildman–Crippen MR) is 128 cm³/mol. The summed E-state index contributed by atoms with van der Waals surface area (Å²) in [5.41, 5.74) is 10.7. The Kier molecular flexibility index (Phi) is 5.58. The minimum atomic E-state index is -0.759. The van der Waals surface area contributed by atoms with Crippen LogP contribution < -0.4 is 11.1 Å². The Balaban J connectivity index is 1.68. The lowest BCUT2D eigenvalue weighted by atomic mass is 9.75. The third kappa shape index (κ3) is 3.98. The molecule has 1 heterocycles. The number of primary amides is 1. The monoisotopic (exact) mass is 451 g/mol. The average molecular weight is 452 g/mol. The smallest absolute Gasteiger partial charge is 0.253 e. The summed E-state index contributed by atoms with van der Waals surface area (Å²) >= 11 is 0. The second-order valence-electron chi connectivity index (χ2n) is 10.9. The van der Waals surface area contributed by atoms with Crippen LogP contribution in [0, 0.1) is 11.2 Å². The maximum Gasteiger partial charge on any atom is 0.253 e. The molecule has 1 aromatic heterocycles. The van der Waals surface area contributed by atoms with Gasteiger partial charge in [-0.05, 0) is 68.1 Å². The van der Waals surface area contributed by atoms with Gasteiger partial charge >= 0.3 is 0 Å². The van der Waals surface area contributed by atoms with Crippen LogP contribution in [-0.2, 0) is 19.3 Å². The number of nitrogens with zero attached hydrogens (tertiary/aromatic N) is 1. The number of Topliss-reactive ketones (excluding diaryl/α,β-unsaturated/α-hetero) is 1. The molecule has 3 aliphatic rings. The number of nitrogens with two attached hydrogens (primary N) is 1. The average Bonchev–Trinajstić information content (AvgIpc) is 3.06. The molecule has 5 rings (SSSR count). The number of rotatable bonds is 4. The maximum absolute atomic E-state index is 15.4. The standard InChI is InChI=1S/C27H34FN3O2/c1-27(2)14-22-24(23(32)15-27)18-10-6-7-11-21(18)31(22)17-12-19(28)25(26(29)33)20(13-17)30-16-8-4-3-5-9-16/h12-13,16,30H,3-11,14-15H2,1-2H3,(H2,29,33). The zero-order chi connectivity index (χ0) is 23.3. The molecular weight excluding hydrogens is 417 g/mol. The van der Waals surface area contributed by atoms with Gasteiger partial charge in [0.25, 0.3) is 5.91 Å². The molecule has 0 unspecified atom stereocenters. The fourth-order valence-electron chi connectivity index (χ4n) is 6.25. The molecule has 0 radical (unpaired) electrons. The van der Waals surface area contributed by atoms with Gasteiger partial charge in [-0.2, -0.15) is 0 Å². The van der Waals surface area contributed by atoms with E-state index in [1.807, 2.05) is 6.07 Å². The number of fused-ring (bicyclic) bond motifs is 3. The molecule has 1 saturated carbocycles. The summed E-state index contributed by atoms with van der Waals surface area (Å²) in [6, 6.07) is 3.51. The van der Waals surface area contributed by atoms with Crippen molar-refractivity contribution in [3.8, 4) is 5.69 Å². The molecule has 3 aliphatic carbocycles. The minimum absolute atomic E-state index is 0.0735. The summed E-state index contributed by atoms with van der Waals surface area (Å²) in [7, 11) is 0. The normalized spacial score (nSPS) is 20.3. The zero-order valence-electron chi connectivity index (χ0n) is 19.7. The molecule has 0 bridgehead atoms. The van der Waals surface area contributed by atoms with Gasteiger partial charge in [-0.1, -0.05) is 33.1 Å². The second kappa shape index (κ2) is 8.30. The van der Waals surface area contributed by atoms with Crippen LogP contribution in [0.4, 0.5) is 10.1 Å². The van der Waals surface area contributed by atoms with Gasteiger partial charge in [-0.15, -0.1) is 0 Å². The number of amides is 1. The van der Waals surface area contributed by atoms with E-state index in [0.717, 1.165) is 80.3 Å². The largest absolute Gasteiger partial charge is 0.382 e. The Morgan fingerprint density at radius 2 is 1.79 bits per heavy atom. The molecule has 0 atom stereocenters. The highest BCUT2D eigenvalue weighted by Crippen LogP contribution is 2.43. The Morgan fingerprint density at radius 1 is 1.06 bits per heavy atom. The van der Waals surface area contributed by atoms with Crippen LogP contribution in [0.5, 0.6) is 0 Å². The quantitative estimate of drug-likeness (QED) is 0.645. The molecule has 1 amide bonds. The summed E-state index contributed by atoms with van der Waals surface area (Å²) in [4.78, 5) is 25.4. The van der Waals surface area contributed by atoms with E-state index in [1.54, 1.807) is 0 Å². The lowest BCUT2D eigenvalue weighted by molar-refractivity contribution is 0.0909. The van der Waals surface area contributed by atoms with E-state index in [1.165, 1.54) is 12.5 Å². The lowest BCUT2D eigenvalue weighted by Crippen LogP contribution is -2.28. The number of aromatic nitrogens is 1. The first-order valence-corrected chi connectivity index (χ1v) is 12.4. The highest BCUT2D eigenvalue weighted by Gasteiger charge is 2.38. The highest BCUT2D eigenvalue weighted by molar-refractivity contribution is 6.01. The van der Waals surface area contributed by atoms with E-state index < -0.39 is 11.7 Å². The molecule has 33 heavy (non-hydrogen) atoms. The molecule has 3 N–H and O–H groups in total. The maximum atomic E-state index is 15.4. The van der Waals surface area contributed by atoms with E-state index in [-0.39, 0.29) is 22.8 Å². The van der Waals surface area contributed by atoms with Gasteiger partial charge in [0.2, 0.25) is 0 Å². The third-order valence-electron chi connectivity index (χ3n) is 7.68. The molecule has 1 fully saturated rings. The van der Waals surface area contributed by atoms with Crippen molar-refractivity contribution in [1.29, 1.82) is 0 Å². The van der Waals surface area contributed by atoms with Crippen molar-refractivity contribution < 1.29 is 14.0 Å². The minimum Gasteiger partial charge on any atom is -0.382 e. The molecule has 0 aliphatic heterocycles. The number of hydrogen-bond acceptors (Lipinski definition) is 3. The number of nitrogens with one attached hydrogen (secondary N) is 1. The van der Waals surface area contributed by atoms with Gasteiger partial charge in [0.1, 0.15) is 5.82 Å². The van der Waals surface area contributed by atoms with Crippen LogP contribution in [0.15, 0.2) is 12.1 Å². The fourth-order valence-corrected chi connectivity index (χ4v) is 6.25. The number of benzene rings is 1. The topological polar surface area (TPSA) is 77.1 Å². The van der Waals surface area contributed by atoms with Crippen molar-refractivity contribution in [2.45, 2.75) is 90.5 Å². The van der Waals surface area contributed by atoms with Crippen molar-refractivity contribution in [3.63, 3.8) is 0 Å². The molecule has 2 aromatic rings. The van der Waals surface area contributed by atoms with E-state index in [2.05, 4.69) is 23.7 Å². The molecule has 0 saturated heterocycles. The van der Waals surface area contributed by atoms with Crippen molar-refractivity contribution in [1.82, 2.24) is 4.57 Å². The zero-order valence-corrected chi connectivity index (χ0v) is 19.7. The molecule has 1 aromatic carbocycles. The van der Waals surface area contributed by atoms with Crippen LogP contribution in [0.1, 0.15) is 103 Å². The first-order valence-electron chi connectivity index (χ1n) is 12.4. The first kappa shape index (κ1) is 22.2. The van der Waals surface area contributed by atoms with Crippen LogP contribution in [-0.4, -0.2) is 22.3 Å². The van der Waals surface area contributed by atoms with Gasteiger partial charge in [-0.25, -0.2) is 4.39 Å². The summed E-state index contributed by atoms with van der Waals surface area (Å²) in [5, 5.41) is 3.44. The van der Waals surface area contributed by atoms with Crippen molar-refractivity contribution in [2.24, 2.45) is 11.1 Å². The fraction of sp³-hybridized carbons (Fsp3) is 0.556. The molecule has 0 spiro atoms. The number of hydrogen-bond donors (Lipinski definition) is 2. The van der Waals surface area contributed by atoms with Crippen molar-refractivity contribution in [2.75, 3.05) is 5.32 Å². The SMILES string of the molecule is CC1(C)CC(=O)c2c3c(n(-c4cc(F)c(C(N)=O)c(NC5CCCCC5)c4)c2C1)CCCC3. The van der Waals surface area contributed by atoms with E-state index in [4.69, 9.17) is 5.73 Å². The Labute approximate surface area is 194 Å². The number of anilines is 1. The van der Waals surface area contributed by atoms with Gasteiger partial charge in [0, 0.05) is 29.4 Å². The number of carbonyl (C=O) groups is 2. The Morgan fingerprint density at radius 3 is 2.52 bits per heavy atom. The van der Waals surface area contributed by atoms with Gasteiger partial charge in [0.15, 0.2) is 5.78 Å². The lowest BCUT2D eigenvalue weighted by Gasteiger charge is -2.30. The highest BCUT2D eigenvalue weighted by atomic mass is 19.1. The van der Waals surface area contributed by atoms with E-state index in [0.29, 0.717) is 17.8 Å². The molecule has 6 heteroatoms. The van der Waals surface area contributed by atoms with Crippen LogP contribution >= 0.6 is 0 Å². The summed E-state index contributed by atoms with van der Waals surface area (Å²) in [6.07, 6.45) is 10.7.